The van der Waals surface area contributed by atoms with Gasteiger partial charge in [0.1, 0.15) is 0 Å². The van der Waals surface area contributed by atoms with Crippen molar-refractivity contribution in [3.63, 3.8) is 0 Å². The molecule has 0 rings (SSSR count). The molecule has 1 amide bonds. The van der Waals surface area contributed by atoms with Crippen molar-refractivity contribution in [1.82, 2.24) is 5.48 Å². The topological polar surface area (TPSA) is 72.4 Å². The zero-order valence-corrected chi connectivity index (χ0v) is 2.26. The first-order valence-corrected chi connectivity index (χ1v) is 0.882. The van der Waals surface area contributed by atoms with Crippen LogP contribution in [0.2, 0.25) is 0 Å². The Balaban J connectivity index is 2.85. The first-order chi connectivity index (χ1) is 2.27. The highest BCUT2D eigenvalue weighted by Gasteiger charge is 1.71. The molecule has 4 nitrogen and oxygen atoms in total. The third-order valence-corrected chi connectivity index (χ3v) is 0.0873. The minimum atomic E-state index is -1.55. The third kappa shape index (κ3) is 3.23. The molecule has 0 unspecified atom stereocenters. The van der Waals surface area contributed by atoms with Gasteiger partial charge in [0.05, 0.1) is 0 Å². The molecule has 0 aromatic heterocycles. The van der Waals surface area contributed by atoms with Crippen molar-refractivity contribution in [3.8, 4) is 0 Å². The lowest BCUT2D eigenvalue weighted by molar-refractivity contribution is 0.198. The van der Waals surface area contributed by atoms with E-state index in [-0.39, 0.29) is 0 Å². The number of amides is 1. The lowest BCUT2D eigenvalue weighted by Gasteiger charge is -1.95. The van der Waals surface area contributed by atoms with Gasteiger partial charge in [-0.2, -0.15) is 0 Å². The summed E-state index contributed by atoms with van der Waals surface area (Å²) < 4.78 is 0. The Morgan fingerprint density at radius 1 is 2.00 bits per heavy atom. The lowest BCUT2D eigenvalue weighted by Crippen LogP contribution is -2.10. The molecule has 0 atom stereocenters. The summed E-state index contributed by atoms with van der Waals surface area (Å²) in [6, 6.07) is 0. The number of hydroxylamine groups is 1. The van der Waals surface area contributed by atoms with Crippen LogP contribution in [-0.2, 0) is 0 Å². The monoisotopic (exact) mass is 76.0 g/mol. The summed E-state index contributed by atoms with van der Waals surface area (Å²) in [5, 5.41) is 16.1. The molecule has 0 fully saturated rings. The third-order valence-electron chi connectivity index (χ3n) is 0.0873. The molecule has 0 radical (unpaired) electrons. The first kappa shape index (κ1) is 4.23. The predicted octanol–water partition coefficient (Wildman–Crippen LogP) is -0.248. The quantitative estimate of drug-likeness (QED) is 0.391. The van der Waals surface area contributed by atoms with Crippen molar-refractivity contribution < 1.29 is 9.90 Å². The van der Waals surface area contributed by atoms with Crippen LogP contribution in [0.15, 0.2) is 0 Å². The molecule has 0 aromatic carbocycles. The molecule has 0 aliphatic rings. The van der Waals surface area contributed by atoms with E-state index in [0.29, 0.717) is 5.48 Å². The Kier molecular flexibility index (Phi) is 1.30. The van der Waals surface area contributed by atoms with Gasteiger partial charge in [-0.05, 0) is 0 Å². The smallest absolute Gasteiger partial charge is 0.393 e. The summed E-state index contributed by atoms with van der Waals surface area (Å²) in [5.41, 5.74) is 0.694. The molecule has 30 valence electrons. The van der Waals surface area contributed by atoms with Crippen LogP contribution in [0, 0.1) is 5.21 Å². The van der Waals surface area contributed by atoms with E-state index in [4.69, 9.17) is 15.1 Å². The standard InChI is InChI=1S/CH2NO3/c3-1(4)2-5/h2H,(H,3,4)/q-1. The highest BCUT2D eigenvalue weighted by molar-refractivity contribution is 5.64. The zero-order valence-electron chi connectivity index (χ0n) is 2.26. The van der Waals surface area contributed by atoms with Gasteiger partial charge in [-0.1, -0.05) is 0 Å². The van der Waals surface area contributed by atoms with Gasteiger partial charge in [0, 0.05) is 0 Å². The van der Waals surface area contributed by atoms with E-state index >= 15 is 0 Å². The SMILES string of the molecule is O=C(O)N[O-]. The van der Waals surface area contributed by atoms with Crippen LogP contribution < -0.4 is 5.48 Å². The fourth-order valence-corrected chi connectivity index (χ4v) is 0. The maximum atomic E-state index is 8.94. The maximum Gasteiger partial charge on any atom is 0.393 e. The zero-order chi connectivity index (χ0) is 4.28. The number of carboxylic acid groups (broad SMARTS) is 1. The molecule has 0 bridgehead atoms. The first-order valence-electron chi connectivity index (χ1n) is 0.882. The van der Waals surface area contributed by atoms with E-state index in [1.54, 1.807) is 0 Å². The highest BCUT2D eigenvalue weighted by Crippen LogP contribution is 1.47. The minimum absolute atomic E-state index is 0.694. The van der Waals surface area contributed by atoms with Crippen LogP contribution in [0.25, 0.3) is 0 Å². The lowest BCUT2D eigenvalue weighted by atomic mass is 11.3. The summed E-state index contributed by atoms with van der Waals surface area (Å²) in [6.45, 7) is 0. The highest BCUT2D eigenvalue weighted by atomic mass is 16.5. The molecule has 4 heteroatoms. The van der Waals surface area contributed by atoms with Crippen molar-refractivity contribution >= 4 is 6.09 Å². The molecule has 0 aromatic rings. The average Bonchev–Trinajstić information content (AvgIpc) is 1.38. The van der Waals surface area contributed by atoms with E-state index < -0.39 is 6.09 Å². The van der Waals surface area contributed by atoms with Gasteiger partial charge < -0.3 is 15.8 Å². The molecule has 0 aliphatic heterocycles. The van der Waals surface area contributed by atoms with E-state index in [9.17, 15) is 0 Å². The fourth-order valence-electron chi connectivity index (χ4n) is 0. The summed E-state index contributed by atoms with van der Waals surface area (Å²) in [4.78, 5) is 8.94. The van der Waals surface area contributed by atoms with E-state index in [0.717, 1.165) is 0 Å². The number of rotatable bonds is 0. The molecule has 2 N–H and O–H groups in total. The van der Waals surface area contributed by atoms with Crippen molar-refractivity contribution in [2.24, 2.45) is 0 Å². The normalized spacial score (nSPS) is 6.60. The summed E-state index contributed by atoms with van der Waals surface area (Å²) >= 11 is 0. The molecular formula is CH2NO3-. The van der Waals surface area contributed by atoms with Crippen molar-refractivity contribution in [2.45, 2.75) is 0 Å². The van der Waals surface area contributed by atoms with Crippen LogP contribution in [0.4, 0.5) is 4.79 Å². The second-order valence-electron chi connectivity index (χ2n) is 0.407. The number of hydrogen-bond acceptors (Lipinski definition) is 2. The number of nitrogens with one attached hydrogen (secondary N) is 1. The molecule has 0 heterocycles. The summed E-state index contributed by atoms with van der Waals surface area (Å²) in [6.07, 6.45) is -1.55. The van der Waals surface area contributed by atoms with Crippen LogP contribution >= 0.6 is 0 Å². The predicted molar refractivity (Wildman–Crippen MR) is 14.5 cm³/mol. The van der Waals surface area contributed by atoms with Crippen molar-refractivity contribution in [2.75, 3.05) is 0 Å². The van der Waals surface area contributed by atoms with Gasteiger partial charge in [-0.25, -0.2) is 4.79 Å². The Hall–Kier alpha value is -0.770. The molecular weight excluding hydrogens is 74.0 g/mol. The van der Waals surface area contributed by atoms with Gasteiger partial charge in [0.15, 0.2) is 0 Å². The van der Waals surface area contributed by atoms with Crippen molar-refractivity contribution in [3.05, 3.63) is 5.21 Å². The van der Waals surface area contributed by atoms with Gasteiger partial charge in [0.25, 0.3) is 0 Å². The van der Waals surface area contributed by atoms with Gasteiger partial charge in [-0.3, -0.25) is 0 Å². The Bertz CT molecular complexity index is 42.2. The van der Waals surface area contributed by atoms with Gasteiger partial charge >= 0.3 is 6.09 Å². The van der Waals surface area contributed by atoms with Crippen LogP contribution in [0.3, 0.4) is 0 Å². The molecule has 5 heavy (non-hydrogen) atoms. The fraction of sp³-hybridized carbons (Fsp3) is 0. The molecule has 0 spiro atoms. The molecule has 0 saturated heterocycles. The van der Waals surface area contributed by atoms with Gasteiger partial charge in [0.2, 0.25) is 0 Å². The largest absolute Gasteiger partial charge is 0.756 e. The number of hydrogen-bond donors (Lipinski definition) is 2. The maximum absolute atomic E-state index is 8.94. The summed E-state index contributed by atoms with van der Waals surface area (Å²) in [5.74, 6) is 0. The van der Waals surface area contributed by atoms with Crippen molar-refractivity contribution in [1.29, 1.82) is 0 Å². The van der Waals surface area contributed by atoms with Crippen LogP contribution in [0.1, 0.15) is 0 Å². The minimum Gasteiger partial charge on any atom is -0.756 e. The average molecular weight is 76.0 g/mol. The van der Waals surface area contributed by atoms with E-state index in [1.165, 1.54) is 0 Å². The molecule has 0 aliphatic carbocycles. The second kappa shape index (κ2) is 1.54. The second-order valence-corrected chi connectivity index (χ2v) is 0.407. The van der Waals surface area contributed by atoms with E-state index in [2.05, 4.69) is 0 Å². The van der Waals surface area contributed by atoms with Crippen LogP contribution in [-0.4, -0.2) is 11.2 Å². The van der Waals surface area contributed by atoms with E-state index in [1.807, 2.05) is 0 Å². The van der Waals surface area contributed by atoms with Crippen LogP contribution in [0.5, 0.6) is 0 Å². The van der Waals surface area contributed by atoms with Gasteiger partial charge in [-0.15, -0.1) is 0 Å². The molecule has 0 saturated carbocycles. The Morgan fingerprint density at radius 2 is 2.20 bits per heavy atom. The number of carbonyl (C=O) groups is 1. The Labute approximate surface area is 28.0 Å². The summed E-state index contributed by atoms with van der Waals surface area (Å²) in [7, 11) is 0. The Morgan fingerprint density at radius 3 is 2.20 bits per heavy atom.